The second-order valence-corrected chi connectivity index (χ2v) is 9.65. The third kappa shape index (κ3) is 11.7. The molecular formula is C23H44O5. The Morgan fingerprint density at radius 2 is 1.29 bits per heavy atom. The van der Waals surface area contributed by atoms with Crippen molar-refractivity contribution < 1.29 is 23.8 Å². The fourth-order valence-electron chi connectivity index (χ4n) is 2.50. The molecular weight excluding hydrogens is 356 g/mol. The van der Waals surface area contributed by atoms with Crippen molar-refractivity contribution in [2.45, 2.75) is 100 Å². The smallest absolute Gasteiger partial charge is 0.317 e. The second kappa shape index (κ2) is 13.2. The lowest BCUT2D eigenvalue weighted by Crippen LogP contribution is -2.42. The second-order valence-electron chi connectivity index (χ2n) is 9.65. The van der Waals surface area contributed by atoms with Crippen molar-refractivity contribution in [1.82, 2.24) is 0 Å². The van der Waals surface area contributed by atoms with Crippen LogP contribution >= 0.6 is 0 Å². The molecule has 1 unspecified atom stereocenters. The summed E-state index contributed by atoms with van der Waals surface area (Å²) in [6.07, 6.45) is 3.59. The molecule has 0 aromatic heterocycles. The largest absolute Gasteiger partial charge is 0.464 e. The molecule has 0 aliphatic heterocycles. The standard InChI is InChI=1S/C23H44O5/c1-16(2)10-12-20(13-11-17(3)4)28-22(25)23(9,14-26-19(7)8)15-27-21(24)18(5)6/h16-20H,10-15H2,1-9H3. The lowest BCUT2D eigenvalue weighted by atomic mass is 9.92. The molecule has 5 nitrogen and oxygen atoms in total. The Labute approximate surface area is 172 Å². The molecule has 0 aromatic carbocycles. The van der Waals surface area contributed by atoms with Crippen molar-refractivity contribution >= 4 is 11.9 Å². The summed E-state index contributed by atoms with van der Waals surface area (Å²) in [5, 5.41) is 0. The first kappa shape index (κ1) is 26.9. The highest BCUT2D eigenvalue weighted by Gasteiger charge is 2.39. The molecule has 0 fully saturated rings. The van der Waals surface area contributed by atoms with Crippen LogP contribution in [0.4, 0.5) is 0 Å². The van der Waals surface area contributed by atoms with Crippen molar-refractivity contribution in [2.24, 2.45) is 23.2 Å². The summed E-state index contributed by atoms with van der Waals surface area (Å²) >= 11 is 0. The maximum Gasteiger partial charge on any atom is 0.317 e. The zero-order valence-electron chi connectivity index (χ0n) is 19.7. The third-order valence-corrected chi connectivity index (χ3v) is 4.64. The van der Waals surface area contributed by atoms with Crippen molar-refractivity contribution in [3.05, 3.63) is 0 Å². The van der Waals surface area contributed by atoms with E-state index >= 15 is 0 Å². The SMILES string of the molecule is CC(C)CCC(CCC(C)C)OC(=O)C(C)(COC(=O)C(C)C)COC(C)C. The van der Waals surface area contributed by atoms with Gasteiger partial charge in [-0.3, -0.25) is 9.59 Å². The van der Waals surface area contributed by atoms with E-state index in [1.807, 2.05) is 13.8 Å². The third-order valence-electron chi connectivity index (χ3n) is 4.64. The van der Waals surface area contributed by atoms with Gasteiger partial charge >= 0.3 is 11.9 Å². The Morgan fingerprint density at radius 3 is 1.68 bits per heavy atom. The van der Waals surface area contributed by atoms with Gasteiger partial charge in [-0.25, -0.2) is 0 Å². The number of hydrogen-bond acceptors (Lipinski definition) is 5. The molecule has 0 aromatic rings. The van der Waals surface area contributed by atoms with E-state index in [-0.39, 0.29) is 43.3 Å². The molecule has 0 rings (SSSR count). The fourth-order valence-corrected chi connectivity index (χ4v) is 2.50. The van der Waals surface area contributed by atoms with E-state index in [4.69, 9.17) is 14.2 Å². The maximum atomic E-state index is 13.1. The van der Waals surface area contributed by atoms with Crippen molar-refractivity contribution in [3.63, 3.8) is 0 Å². The minimum Gasteiger partial charge on any atom is -0.464 e. The van der Waals surface area contributed by atoms with Crippen LogP contribution in [0, 0.1) is 23.2 Å². The molecule has 0 aliphatic rings. The molecule has 0 spiro atoms. The Kier molecular flexibility index (Phi) is 12.7. The molecule has 28 heavy (non-hydrogen) atoms. The Balaban J connectivity index is 5.17. The summed E-state index contributed by atoms with van der Waals surface area (Å²) in [4.78, 5) is 25.0. The van der Waals surface area contributed by atoms with Gasteiger partial charge in [0.2, 0.25) is 0 Å². The van der Waals surface area contributed by atoms with Gasteiger partial charge in [-0.1, -0.05) is 41.5 Å². The zero-order chi connectivity index (χ0) is 21.9. The van der Waals surface area contributed by atoms with Crippen molar-refractivity contribution in [1.29, 1.82) is 0 Å². The van der Waals surface area contributed by atoms with Gasteiger partial charge in [-0.15, -0.1) is 0 Å². The number of carbonyl (C=O) groups excluding carboxylic acids is 2. The van der Waals surface area contributed by atoms with E-state index < -0.39 is 5.41 Å². The van der Waals surface area contributed by atoms with Gasteiger partial charge in [0.25, 0.3) is 0 Å². The molecule has 0 amide bonds. The summed E-state index contributed by atoms with van der Waals surface area (Å²) in [6.45, 7) is 18.0. The fraction of sp³-hybridized carbons (Fsp3) is 0.913. The monoisotopic (exact) mass is 400 g/mol. The topological polar surface area (TPSA) is 61.8 Å². The lowest BCUT2D eigenvalue weighted by molar-refractivity contribution is -0.174. The predicted octanol–water partition coefficient (Wildman–Crippen LogP) is 5.40. The summed E-state index contributed by atoms with van der Waals surface area (Å²) in [5.41, 5.74) is -1.01. The summed E-state index contributed by atoms with van der Waals surface area (Å²) in [5.74, 6) is 0.212. The maximum absolute atomic E-state index is 13.1. The quantitative estimate of drug-likeness (QED) is 0.365. The number of ether oxygens (including phenoxy) is 3. The highest BCUT2D eigenvalue weighted by molar-refractivity contribution is 5.78. The summed E-state index contributed by atoms with van der Waals surface area (Å²) in [6, 6.07) is 0. The average Bonchev–Trinajstić information content (AvgIpc) is 2.59. The highest BCUT2D eigenvalue weighted by Crippen LogP contribution is 2.25. The average molecular weight is 401 g/mol. The van der Waals surface area contributed by atoms with Gasteiger partial charge in [-0.2, -0.15) is 0 Å². The van der Waals surface area contributed by atoms with E-state index in [9.17, 15) is 9.59 Å². The molecule has 1 atom stereocenters. The number of esters is 2. The number of rotatable bonds is 14. The van der Waals surface area contributed by atoms with Gasteiger partial charge in [0, 0.05) is 0 Å². The van der Waals surface area contributed by atoms with Gasteiger partial charge in [0.15, 0.2) is 0 Å². The van der Waals surface area contributed by atoms with E-state index in [0.717, 1.165) is 25.7 Å². The first-order valence-corrected chi connectivity index (χ1v) is 10.9. The molecule has 0 bridgehead atoms. The van der Waals surface area contributed by atoms with Crippen molar-refractivity contribution in [3.8, 4) is 0 Å². The summed E-state index contributed by atoms with van der Waals surface area (Å²) < 4.78 is 17.0. The van der Waals surface area contributed by atoms with Crippen LogP contribution in [0.25, 0.3) is 0 Å². The van der Waals surface area contributed by atoms with E-state index in [2.05, 4.69) is 27.7 Å². The number of hydrogen-bond donors (Lipinski definition) is 0. The molecule has 0 radical (unpaired) electrons. The molecule has 166 valence electrons. The van der Waals surface area contributed by atoms with Crippen LogP contribution in [0.1, 0.15) is 88.0 Å². The van der Waals surface area contributed by atoms with Crippen LogP contribution in [0.15, 0.2) is 0 Å². The molecule has 5 heteroatoms. The van der Waals surface area contributed by atoms with Gasteiger partial charge in [0.1, 0.15) is 18.1 Å². The Hall–Kier alpha value is -1.10. The van der Waals surface area contributed by atoms with Gasteiger partial charge in [0.05, 0.1) is 18.6 Å². The normalized spacial score (nSPS) is 14.2. The minimum absolute atomic E-state index is 0.0226. The van der Waals surface area contributed by atoms with Crippen molar-refractivity contribution in [2.75, 3.05) is 13.2 Å². The molecule has 0 saturated carbocycles. The summed E-state index contributed by atoms with van der Waals surface area (Å²) in [7, 11) is 0. The zero-order valence-corrected chi connectivity index (χ0v) is 19.7. The molecule has 0 aliphatic carbocycles. The lowest BCUT2D eigenvalue weighted by Gasteiger charge is -2.30. The first-order chi connectivity index (χ1) is 12.9. The highest BCUT2D eigenvalue weighted by atomic mass is 16.6. The van der Waals surface area contributed by atoms with Gasteiger partial charge in [-0.05, 0) is 58.3 Å². The van der Waals surface area contributed by atoms with E-state index in [1.165, 1.54) is 0 Å². The van der Waals surface area contributed by atoms with Crippen LogP contribution in [0.2, 0.25) is 0 Å². The minimum atomic E-state index is -1.01. The molecule has 0 heterocycles. The predicted molar refractivity (Wildman–Crippen MR) is 113 cm³/mol. The first-order valence-electron chi connectivity index (χ1n) is 10.9. The Morgan fingerprint density at radius 1 is 0.786 bits per heavy atom. The van der Waals surface area contributed by atoms with Crippen LogP contribution < -0.4 is 0 Å². The molecule has 0 N–H and O–H groups in total. The van der Waals surface area contributed by atoms with E-state index in [0.29, 0.717) is 11.8 Å². The van der Waals surface area contributed by atoms with Crippen LogP contribution in [0.3, 0.4) is 0 Å². The van der Waals surface area contributed by atoms with Crippen LogP contribution in [-0.2, 0) is 23.8 Å². The van der Waals surface area contributed by atoms with Crippen LogP contribution in [0.5, 0.6) is 0 Å². The molecule has 0 saturated heterocycles. The van der Waals surface area contributed by atoms with E-state index in [1.54, 1.807) is 20.8 Å². The van der Waals surface area contributed by atoms with Crippen LogP contribution in [-0.4, -0.2) is 37.4 Å². The van der Waals surface area contributed by atoms with Gasteiger partial charge < -0.3 is 14.2 Å². The Bertz CT molecular complexity index is 444. The number of carbonyl (C=O) groups is 2.